The third kappa shape index (κ3) is 4.44. The minimum Gasteiger partial charge on any atom is -0.347 e. The summed E-state index contributed by atoms with van der Waals surface area (Å²) in [4.78, 5) is 18.3. The first-order valence-corrected chi connectivity index (χ1v) is 8.93. The van der Waals surface area contributed by atoms with Crippen molar-refractivity contribution in [3.63, 3.8) is 0 Å². The van der Waals surface area contributed by atoms with Gasteiger partial charge in [0, 0.05) is 26.1 Å². The van der Waals surface area contributed by atoms with Crippen molar-refractivity contribution >= 4 is 17.6 Å². The number of aliphatic imine (C=N–C) groups is 1. The summed E-state index contributed by atoms with van der Waals surface area (Å²) in [5, 5.41) is 5.15. The maximum absolute atomic E-state index is 13.7. The summed E-state index contributed by atoms with van der Waals surface area (Å²) in [5.74, 6) is -4.02. The lowest BCUT2D eigenvalue weighted by molar-refractivity contribution is -0.115. The maximum Gasteiger partial charge on any atom is 0.243 e. The van der Waals surface area contributed by atoms with Gasteiger partial charge in [-0.1, -0.05) is 30.3 Å². The average molecular weight is 390 g/mol. The Morgan fingerprint density at radius 1 is 1.14 bits per heavy atom. The fourth-order valence-electron chi connectivity index (χ4n) is 3.26. The van der Waals surface area contributed by atoms with Gasteiger partial charge in [-0.2, -0.15) is 0 Å². The van der Waals surface area contributed by atoms with Crippen molar-refractivity contribution in [1.82, 2.24) is 10.2 Å². The number of nitrogens with zero attached hydrogens (tertiary/aromatic N) is 2. The lowest BCUT2D eigenvalue weighted by Crippen LogP contribution is -2.43. The molecule has 0 radical (unpaired) electrons. The number of hydrogen-bond acceptors (Lipinski definition) is 2. The number of nitrogens with one attached hydrogen (secondary N) is 2. The fourth-order valence-corrected chi connectivity index (χ4v) is 3.26. The molecule has 0 bridgehead atoms. The molecule has 1 amide bonds. The van der Waals surface area contributed by atoms with E-state index in [0.717, 1.165) is 31.6 Å². The zero-order valence-electron chi connectivity index (χ0n) is 15.4. The van der Waals surface area contributed by atoms with Crippen LogP contribution >= 0.6 is 0 Å². The van der Waals surface area contributed by atoms with Crippen molar-refractivity contribution in [2.45, 2.75) is 12.3 Å². The van der Waals surface area contributed by atoms with E-state index in [9.17, 15) is 18.0 Å². The summed E-state index contributed by atoms with van der Waals surface area (Å²) in [6, 6.07) is 11.9. The monoisotopic (exact) mass is 390 g/mol. The van der Waals surface area contributed by atoms with Crippen molar-refractivity contribution < 1.29 is 18.0 Å². The largest absolute Gasteiger partial charge is 0.347 e. The van der Waals surface area contributed by atoms with E-state index in [1.165, 1.54) is 5.56 Å². The molecule has 2 aromatic carbocycles. The average Bonchev–Trinajstić information content (AvgIpc) is 3.20. The van der Waals surface area contributed by atoms with Crippen LogP contribution in [0.15, 0.2) is 47.5 Å². The summed E-state index contributed by atoms with van der Waals surface area (Å²) in [7, 11) is 1.62. The maximum atomic E-state index is 13.7. The molecule has 5 nitrogen and oxygen atoms in total. The normalized spacial score (nSPS) is 16.9. The van der Waals surface area contributed by atoms with Crippen molar-refractivity contribution in [3.8, 4) is 0 Å². The predicted octanol–water partition coefficient (Wildman–Crippen LogP) is 3.11. The van der Waals surface area contributed by atoms with Crippen molar-refractivity contribution in [3.05, 3.63) is 65.5 Å². The Labute approximate surface area is 161 Å². The molecule has 1 aliphatic heterocycles. The van der Waals surface area contributed by atoms with E-state index in [-0.39, 0.29) is 6.54 Å². The summed E-state index contributed by atoms with van der Waals surface area (Å²) < 4.78 is 39.9. The minimum atomic E-state index is -1.62. The number of carbonyl (C=O) groups is 1. The summed E-state index contributed by atoms with van der Waals surface area (Å²) in [6.45, 7) is 1.37. The highest BCUT2D eigenvalue weighted by Crippen LogP contribution is 2.26. The lowest BCUT2D eigenvalue weighted by Gasteiger charge is -2.21. The van der Waals surface area contributed by atoms with Crippen LogP contribution in [0.1, 0.15) is 17.9 Å². The first-order valence-electron chi connectivity index (χ1n) is 8.93. The van der Waals surface area contributed by atoms with Gasteiger partial charge in [-0.05, 0) is 24.1 Å². The molecule has 2 aromatic rings. The van der Waals surface area contributed by atoms with E-state index in [4.69, 9.17) is 0 Å². The molecular formula is C20H21F3N4O. The Bertz CT molecular complexity index is 873. The number of anilines is 1. The first kappa shape index (κ1) is 19.7. The van der Waals surface area contributed by atoms with Crippen LogP contribution in [-0.4, -0.2) is 43.4 Å². The molecule has 1 atom stereocenters. The fraction of sp³-hybridized carbons (Fsp3) is 0.300. The predicted molar refractivity (Wildman–Crippen MR) is 102 cm³/mol. The second-order valence-electron chi connectivity index (χ2n) is 6.51. The van der Waals surface area contributed by atoms with E-state index < -0.39 is 29.0 Å². The molecule has 1 fully saturated rings. The van der Waals surface area contributed by atoms with Crippen molar-refractivity contribution in [1.29, 1.82) is 0 Å². The number of benzene rings is 2. The Morgan fingerprint density at radius 3 is 2.61 bits per heavy atom. The van der Waals surface area contributed by atoms with Crippen LogP contribution in [0.4, 0.5) is 18.9 Å². The molecule has 1 unspecified atom stereocenters. The van der Waals surface area contributed by atoms with Gasteiger partial charge < -0.3 is 15.5 Å². The Morgan fingerprint density at radius 2 is 1.89 bits per heavy atom. The van der Waals surface area contributed by atoms with E-state index in [2.05, 4.69) is 27.8 Å². The molecular weight excluding hydrogens is 369 g/mol. The highest BCUT2D eigenvalue weighted by molar-refractivity contribution is 5.95. The highest BCUT2D eigenvalue weighted by Gasteiger charge is 2.26. The zero-order chi connectivity index (χ0) is 20.1. The third-order valence-corrected chi connectivity index (χ3v) is 4.69. The molecule has 148 valence electrons. The van der Waals surface area contributed by atoms with Crippen LogP contribution in [0.3, 0.4) is 0 Å². The third-order valence-electron chi connectivity index (χ3n) is 4.69. The molecule has 1 heterocycles. The Hall–Kier alpha value is -3.03. The molecule has 1 aliphatic rings. The van der Waals surface area contributed by atoms with Gasteiger partial charge in [-0.3, -0.25) is 9.79 Å². The molecule has 0 spiro atoms. The van der Waals surface area contributed by atoms with Crippen LogP contribution in [-0.2, 0) is 4.79 Å². The van der Waals surface area contributed by atoms with Crippen LogP contribution in [0.25, 0.3) is 0 Å². The number of hydrogen-bond donors (Lipinski definition) is 2. The van der Waals surface area contributed by atoms with E-state index in [0.29, 0.717) is 11.9 Å². The second-order valence-corrected chi connectivity index (χ2v) is 6.51. The summed E-state index contributed by atoms with van der Waals surface area (Å²) in [5.41, 5.74) is 0.845. The highest BCUT2D eigenvalue weighted by atomic mass is 19.2. The topological polar surface area (TPSA) is 56.7 Å². The number of amides is 1. The van der Waals surface area contributed by atoms with Gasteiger partial charge in [-0.15, -0.1) is 0 Å². The van der Waals surface area contributed by atoms with Gasteiger partial charge >= 0.3 is 0 Å². The van der Waals surface area contributed by atoms with E-state index in [1.807, 2.05) is 23.1 Å². The summed E-state index contributed by atoms with van der Waals surface area (Å²) >= 11 is 0. The second kappa shape index (κ2) is 8.77. The zero-order valence-corrected chi connectivity index (χ0v) is 15.4. The number of carbonyl (C=O) groups excluding carboxylic acids is 1. The number of halogens is 3. The molecule has 2 N–H and O–H groups in total. The van der Waals surface area contributed by atoms with E-state index in [1.54, 1.807) is 7.05 Å². The first-order chi connectivity index (χ1) is 13.5. The Kier molecular flexibility index (Phi) is 6.18. The molecule has 0 aromatic heterocycles. The smallest absolute Gasteiger partial charge is 0.243 e. The summed E-state index contributed by atoms with van der Waals surface area (Å²) in [6.07, 6.45) is 0.969. The van der Waals surface area contributed by atoms with Crippen LogP contribution in [0.2, 0.25) is 0 Å². The number of rotatable bonds is 4. The van der Waals surface area contributed by atoms with Crippen LogP contribution in [0.5, 0.6) is 0 Å². The van der Waals surface area contributed by atoms with Gasteiger partial charge in [0.25, 0.3) is 0 Å². The van der Waals surface area contributed by atoms with Gasteiger partial charge in [0.05, 0.1) is 12.2 Å². The lowest BCUT2D eigenvalue weighted by atomic mass is 9.99. The number of likely N-dealkylation sites (tertiary alicyclic amines) is 1. The van der Waals surface area contributed by atoms with Crippen LogP contribution in [0, 0.1) is 17.5 Å². The molecule has 0 aliphatic carbocycles. The van der Waals surface area contributed by atoms with Crippen molar-refractivity contribution in [2.24, 2.45) is 4.99 Å². The quantitative estimate of drug-likeness (QED) is 0.479. The molecule has 3 rings (SSSR count). The molecule has 1 saturated heterocycles. The van der Waals surface area contributed by atoms with Crippen molar-refractivity contribution in [2.75, 3.05) is 32.0 Å². The van der Waals surface area contributed by atoms with Gasteiger partial charge in [0.15, 0.2) is 23.4 Å². The van der Waals surface area contributed by atoms with Crippen LogP contribution < -0.4 is 10.6 Å². The molecule has 28 heavy (non-hydrogen) atoms. The van der Waals surface area contributed by atoms with E-state index >= 15 is 0 Å². The number of guanidine groups is 1. The molecule has 8 heteroatoms. The van der Waals surface area contributed by atoms with Gasteiger partial charge in [0.1, 0.15) is 0 Å². The van der Waals surface area contributed by atoms with Gasteiger partial charge in [0.2, 0.25) is 5.91 Å². The Balaban J connectivity index is 1.55. The standard InChI is InChI=1S/C20H21F3N4O/c1-24-20(27-10-9-14(12-27)13-5-3-2-4-6-13)25-11-17(28)26-16-8-7-15(21)18(22)19(16)23/h2-8,14H,9-12H2,1H3,(H,24,25)(H,26,28). The SMILES string of the molecule is CN=C(NCC(=O)Nc1ccc(F)c(F)c1F)N1CCC(c2ccccc2)C1. The minimum absolute atomic E-state index is 0.183. The van der Waals surface area contributed by atoms with Gasteiger partial charge in [-0.25, -0.2) is 13.2 Å². The molecule has 0 saturated carbocycles.